The summed E-state index contributed by atoms with van der Waals surface area (Å²) < 4.78 is 10.8. The van der Waals surface area contributed by atoms with E-state index in [4.69, 9.17) is 10.5 Å². The van der Waals surface area contributed by atoms with Crippen LogP contribution in [-0.2, 0) is 9.47 Å². The number of pyridine rings is 1. The van der Waals surface area contributed by atoms with Crippen molar-refractivity contribution < 1.29 is 19.1 Å². The molecule has 8 nitrogen and oxygen atoms in total. The molecule has 0 radical (unpaired) electrons. The molecular weight excluding hydrogens is 276 g/mol. The van der Waals surface area contributed by atoms with Crippen LogP contribution in [0.2, 0.25) is 0 Å². The molecule has 0 saturated heterocycles. The highest BCUT2D eigenvalue weighted by atomic mass is 16.5. The van der Waals surface area contributed by atoms with Crippen LogP contribution in [0.3, 0.4) is 0 Å². The summed E-state index contributed by atoms with van der Waals surface area (Å²) in [7, 11) is 1.26. The average Bonchev–Trinajstić information content (AvgIpc) is 2.97. The molecule has 2 rings (SSSR count). The summed E-state index contributed by atoms with van der Waals surface area (Å²) >= 11 is 0. The summed E-state index contributed by atoms with van der Waals surface area (Å²) in [5.41, 5.74) is 6.48. The summed E-state index contributed by atoms with van der Waals surface area (Å²) in [6.07, 6.45) is 2.77. The second kappa shape index (κ2) is 6.04. The lowest BCUT2D eigenvalue weighted by Crippen LogP contribution is -2.10. The van der Waals surface area contributed by atoms with Gasteiger partial charge in [0.2, 0.25) is 0 Å². The van der Waals surface area contributed by atoms with Gasteiger partial charge in [0.15, 0.2) is 11.5 Å². The second-order valence-corrected chi connectivity index (χ2v) is 3.99. The number of nitrogens with two attached hydrogens (primary N) is 1. The van der Waals surface area contributed by atoms with Gasteiger partial charge in [0.1, 0.15) is 0 Å². The Morgan fingerprint density at radius 2 is 2.10 bits per heavy atom. The van der Waals surface area contributed by atoms with Crippen LogP contribution in [0, 0.1) is 0 Å². The van der Waals surface area contributed by atoms with Crippen LogP contribution in [0.25, 0.3) is 5.82 Å². The molecule has 2 N–H and O–H groups in total. The van der Waals surface area contributed by atoms with Gasteiger partial charge in [-0.05, 0) is 19.1 Å². The highest BCUT2D eigenvalue weighted by Gasteiger charge is 2.15. The number of carbonyl (C=O) groups excluding carboxylic acids is 2. The lowest BCUT2D eigenvalue weighted by molar-refractivity contribution is 0.0525. The van der Waals surface area contributed by atoms with Crippen LogP contribution >= 0.6 is 0 Å². The van der Waals surface area contributed by atoms with Crippen LogP contribution in [0.5, 0.6) is 0 Å². The molecule has 8 heteroatoms. The zero-order valence-corrected chi connectivity index (χ0v) is 11.6. The summed E-state index contributed by atoms with van der Waals surface area (Å²) in [6.45, 7) is 1.98. The molecule has 2 heterocycles. The monoisotopic (exact) mass is 290 g/mol. The maximum absolute atomic E-state index is 11.6. The third-order valence-electron chi connectivity index (χ3n) is 2.61. The van der Waals surface area contributed by atoms with E-state index < -0.39 is 11.9 Å². The van der Waals surface area contributed by atoms with Gasteiger partial charge in [-0.15, -0.1) is 0 Å². The predicted molar refractivity (Wildman–Crippen MR) is 73.1 cm³/mol. The van der Waals surface area contributed by atoms with Crippen molar-refractivity contribution in [3.8, 4) is 5.82 Å². The Balaban J connectivity index is 2.37. The molecule has 0 spiro atoms. The quantitative estimate of drug-likeness (QED) is 0.830. The first-order valence-electron chi connectivity index (χ1n) is 6.13. The number of esters is 2. The Bertz CT molecular complexity index is 681. The molecule has 110 valence electrons. The zero-order chi connectivity index (χ0) is 15.4. The van der Waals surface area contributed by atoms with E-state index in [-0.39, 0.29) is 23.7 Å². The Labute approximate surface area is 120 Å². The minimum Gasteiger partial charge on any atom is -0.464 e. The van der Waals surface area contributed by atoms with Gasteiger partial charge >= 0.3 is 11.9 Å². The van der Waals surface area contributed by atoms with Gasteiger partial charge in [0, 0.05) is 6.20 Å². The first-order valence-corrected chi connectivity index (χ1v) is 6.13. The van der Waals surface area contributed by atoms with Gasteiger partial charge in [-0.1, -0.05) is 0 Å². The molecule has 21 heavy (non-hydrogen) atoms. The van der Waals surface area contributed by atoms with Gasteiger partial charge < -0.3 is 15.2 Å². The highest BCUT2D eigenvalue weighted by Crippen LogP contribution is 2.16. The summed E-state index contributed by atoms with van der Waals surface area (Å²) in [5.74, 6) is -0.853. The van der Waals surface area contributed by atoms with Crippen molar-refractivity contribution in [2.75, 3.05) is 19.5 Å². The molecule has 0 fully saturated rings. The zero-order valence-electron chi connectivity index (χ0n) is 11.6. The first-order chi connectivity index (χ1) is 10.1. The molecule has 0 bridgehead atoms. The minimum absolute atomic E-state index is 0.0925. The molecule has 0 unspecified atom stereocenters. The van der Waals surface area contributed by atoms with Crippen molar-refractivity contribution in [3.05, 3.63) is 35.8 Å². The SMILES string of the molecule is CCOC(=O)c1cnn(-c2nc(C(=O)OC)ccc2N)c1. The maximum Gasteiger partial charge on any atom is 0.356 e. The van der Waals surface area contributed by atoms with Crippen molar-refractivity contribution in [2.24, 2.45) is 0 Å². The predicted octanol–water partition coefficient (Wildman–Crippen LogP) is 0.813. The third kappa shape index (κ3) is 2.99. The second-order valence-electron chi connectivity index (χ2n) is 3.99. The van der Waals surface area contributed by atoms with Crippen LogP contribution in [0.4, 0.5) is 5.69 Å². The van der Waals surface area contributed by atoms with Crippen molar-refractivity contribution >= 4 is 17.6 Å². The fourth-order valence-corrected chi connectivity index (χ4v) is 1.62. The molecule has 0 amide bonds. The van der Waals surface area contributed by atoms with Crippen molar-refractivity contribution in [3.63, 3.8) is 0 Å². The van der Waals surface area contributed by atoms with E-state index in [1.54, 1.807) is 6.92 Å². The lowest BCUT2D eigenvalue weighted by Gasteiger charge is -2.06. The first kappa shape index (κ1) is 14.5. The largest absolute Gasteiger partial charge is 0.464 e. The highest BCUT2D eigenvalue weighted by molar-refractivity contribution is 5.89. The number of hydrogen-bond acceptors (Lipinski definition) is 7. The van der Waals surface area contributed by atoms with Crippen LogP contribution < -0.4 is 5.73 Å². The molecule has 0 aliphatic rings. The maximum atomic E-state index is 11.6. The molecule has 0 aromatic carbocycles. The number of rotatable bonds is 4. The Morgan fingerprint density at radius 1 is 1.33 bits per heavy atom. The Hall–Kier alpha value is -2.90. The number of ether oxygens (including phenoxy) is 2. The van der Waals surface area contributed by atoms with Crippen molar-refractivity contribution in [1.29, 1.82) is 0 Å². The van der Waals surface area contributed by atoms with Gasteiger partial charge in [-0.25, -0.2) is 19.3 Å². The third-order valence-corrected chi connectivity index (χ3v) is 2.61. The number of aromatic nitrogens is 3. The number of anilines is 1. The van der Waals surface area contributed by atoms with E-state index in [2.05, 4.69) is 14.8 Å². The molecule has 0 aliphatic heterocycles. The molecule has 2 aromatic rings. The van der Waals surface area contributed by atoms with Gasteiger partial charge in [-0.2, -0.15) is 5.10 Å². The van der Waals surface area contributed by atoms with E-state index >= 15 is 0 Å². The van der Waals surface area contributed by atoms with Gasteiger partial charge in [0.25, 0.3) is 0 Å². The molecule has 0 aliphatic carbocycles. The van der Waals surface area contributed by atoms with E-state index in [1.165, 1.54) is 36.3 Å². The molecule has 0 atom stereocenters. The fraction of sp³-hybridized carbons (Fsp3) is 0.231. The number of nitrogens with zero attached hydrogens (tertiary/aromatic N) is 3. The Morgan fingerprint density at radius 3 is 2.76 bits per heavy atom. The van der Waals surface area contributed by atoms with Crippen LogP contribution in [-0.4, -0.2) is 40.4 Å². The van der Waals surface area contributed by atoms with Gasteiger partial charge in [-0.3, -0.25) is 0 Å². The van der Waals surface area contributed by atoms with Crippen LogP contribution in [0.1, 0.15) is 27.8 Å². The number of carbonyl (C=O) groups is 2. The average molecular weight is 290 g/mol. The standard InChI is InChI=1S/C13H14N4O4/c1-3-21-12(18)8-6-15-17(7-8)11-9(14)4-5-10(16-11)13(19)20-2/h4-7H,3,14H2,1-2H3. The van der Waals surface area contributed by atoms with E-state index in [0.29, 0.717) is 5.69 Å². The number of methoxy groups -OCH3 is 1. The van der Waals surface area contributed by atoms with E-state index in [1.807, 2.05) is 0 Å². The summed E-state index contributed by atoms with van der Waals surface area (Å²) in [5, 5.41) is 4.00. The van der Waals surface area contributed by atoms with Crippen LogP contribution in [0.15, 0.2) is 24.5 Å². The Kier molecular flexibility index (Phi) is 4.17. The van der Waals surface area contributed by atoms with E-state index in [9.17, 15) is 9.59 Å². The lowest BCUT2D eigenvalue weighted by atomic mass is 10.3. The van der Waals surface area contributed by atoms with Crippen molar-refractivity contribution in [1.82, 2.24) is 14.8 Å². The minimum atomic E-state index is -0.589. The smallest absolute Gasteiger partial charge is 0.356 e. The summed E-state index contributed by atoms with van der Waals surface area (Å²) in [6, 6.07) is 2.96. The summed E-state index contributed by atoms with van der Waals surface area (Å²) in [4.78, 5) is 27.2. The van der Waals surface area contributed by atoms with Gasteiger partial charge in [0.05, 0.1) is 31.2 Å². The molecule has 2 aromatic heterocycles. The fourth-order valence-electron chi connectivity index (χ4n) is 1.62. The topological polar surface area (TPSA) is 109 Å². The van der Waals surface area contributed by atoms with Crippen molar-refractivity contribution in [2.45, 2.75) is 6.92 Å². The normalized spacial score (nSPS) is 10.2. The number of hydrogen-bond donors (Lipinski definition) is 1. The van der Waals surface area contributed by atoms with E-state index in [0.717, 1.165) is 0 Å². The molecule has 0 saturated carbocycles. The molecular formula is C13H14N4O4. The number of nitrogen functional groups attached to an aromatic ring is 1.